The van der Waals surface area contributed by atoms with Crippen molar-refractivity contribution in [3.05, 3.63) is 224 Å². The van der Waals surface area contributed by atoms with E-state index in [1.807, 2.05) is 24.3 Å². The van der Waals surface area contributed by atoms with Crippen LogP contribution in [-0.2, 0) is 0 Å². The Hall–Kier alpha value is -7.62. The molecular weight excluding hydrogens is 717 g/mol. The third-order valence-corrected chi connectivity index (χ3v) is 11.6. The predicted molar refractivity (Wildman–Crippen MR) is 244 cm³/mol. The van der Waals surface area contributed by atoms with E-state index in [9.17, 15) is 0 Å². The molecule has 0 N–H and O–H groups in total. The average molecular weight is 755 g/mol. The van der Waals surface area contributed by atoms with E-state index in [1.54, 1.807) is 0 Å². The van der Waals surface area contributed by atoms with E-state index in [-0.39, 0.29) is 0 Å². The summed E-state index contributed by atoms with van der Waals surface area (Å²) in [5, 5.41) is 0.971. The number of furan rings is 1. The van der Waals surface area contributed by atoms with Crippen molar-refractivity contribution in [2.24, 2.45) is 11.8 Å². The van der Waals surface area contributed by atoms with E-state index < -0.39 is 0 Å². The van der Waals surface area contributed by atoms with E-state index in [2.05, 4.69) is 194 Å². The van der Waals surface area contributed by atoms with E-state index >= 15 is 0 Å². The van der Waals surface area contributed by atoms with Gasteiger partial charge < -0.3 is 4.42 Å². The fourth-order valence-electron chi connectivity index (χ4n) is 8.67. The molecule has 9 aromatic rings. The molecule has 2 aliphatic rings. The molecule has 278 valence electrons. The Bertz CT molecular complexity index is 3170. The van der Waals surface area contributed by atoms with Crippen molar-refractivity contribution in [3.63, 3.8) is 0 Å². The molecule has 0 amide bonds. The molecule has 0 radical (unpaired) electrons. The molecule has 2 aromatic heterocycles. The van der Waals surface area contributed by atoms with Gasteiger partial charge in [0.2, 0.25) is 0 Å². The molecule has 3 heteroatoms. The van der Waals surface area contributed by atoms with Gasteiger partial charge in [0.15, 0.2) is 11.4 Å². The molecule has 0 aliphatic heterocycles. The Labute approximate surface area is 343 Å². The standard InChI is InChI=1S/C56H38N2O/c1-3-15-37(16-4-1)40-21-12-25-44(32-40)53-55-54(51-28-9-10-30-52(51)59-55)58-56(57-53)45-26-13-23-42(33-45)41-22-11-24-43(31-41)47-34-46(38-17-5-2-6-18-38)35-48(36-47)50-29-14-20-39-19-7-8-27-49(39)50/h1-36,39,49H. The van der Waals surface area contributed by atoms with Gasteiger partial charge in [-0.1, -0.05) is 170 Å². The van der Waals surface area contributed by atoms with Crippen LogP contribution in [0.3, 0.4) is 0 Å². The molecule has 3 nitrogen and oxygen atoms in total. The Morgan fingerprint density at radius 3 is 1.66 bits per heavy atom. The summed E-state index contributed by atoms with van der Waals surface area (Å²) in [6, 6.07) is 62.3. The number of rotatable bonds is 7. The molecule has 0 fully saturated rings. The fourth-order valence-corrected chi connectivity index (χ4v) is 8.67. The van der Waals surface area contributed by atoms with Crippen LogP contribution in [0.2, 0.25) is 0 Å². The average Bonchev–Trinajstić information content (AvgIpc) is 3.70. The van der Waals surface area contributed by atoms with Crippen molar-refractivity contribution in [3.8, 4) is 67.2 Å². The molecule has 11 rings (SSSR count). The summed E-state index contributed by atoms with van der Waals surface area (Å²) >= 11 is 0. The van der Waals surface area contributed by atoms with Gasteiger partial charge in [-0.2, -0.15) is 0 Å². The van der Waals surface area contributed by atoms with Crippen LogP contribution in [0.1, 0.15) is 5.56 Å². The molecule has 2 heterocycles. The second-order valence-electron chi connectivity index (χ2n) is 15.3. The molecule has 2 unspecified atom stereocenters. The normalized spacial score (nSPS) is 15.7. The number of nitrogens with zero attached hydrogens (tertiary/aromatic N) is 2. The summed E-state index contributed by atoms with van der Waals surface area (Å²) in [6.07, 6.45) is 15.8. The Kier molecular flexibility index (Phi) is 8.63. The smallest absolute Gasteiger partial charge is 0.180 e. The summed E-state index contributed by atoms with van der Waals surface area (Å²) < 4.78 is 6.49. The maximum atomic E-state index is 6.49. The van der Waals surface area contributed by atoms with Crippen LogP contribution in [-0.4, -0.2) is 9.97 Å². The highest BCUT2D eigenvalue weighted by molar-refractivity contribution is 6.07. The first kappa shape index (κ1) is 34.6. The van der Waals surface area contributed by atoms with Crippen LogP contribution in [0.5, 0.6) is 0 Å². The minimum Gasteiger partial charge on any atom is -0.452 e. The van der Waals surface area contributed by atoms with Gasteiger partial charge in [-0.3, -0.25) is 0 Å². The number of hydrogen-bond acceptors (Lipinski definition) is 3. The molecule has 7 aromatic carbocycles. The first-order valence-electron chi connectivity index (χ1n) is 20.2. The van der Waals surface area contributed by atoms with Gasteiger partial charge >= 0.3 is 0 Å². The van der Waals surface area contributed by atoms with Gasteiger partial charge in [0.1, 0.15) is 16.8 Å². The second-order valence-corrected chi connectivity index (χ2v) is 15.3. The van der Waals surface area contributed by atoms with E-state index in [4.69, 9.17) is 14.4 Å². The number of benzene rings is 7. The van der Waals surface area contributed by atoms with Gasteiger partial charge in [0.25, 0.3) is 0 Å². The summed E-state index contributed by atoms with van der Waals surface area (Å²) in [6.45, 7) is 0. The molecule has 59 heavy (non-hydrogen) atoms. The van der Waals surface area contributed by atoms with Crippen LogP contribution < -0.4 is 0 Å². The monoisotopic (exact) mass is 754 g/mol. The van der Waals surface area contributed by atoms with Crippen LogP contribution >= 0.6 is 0 Å². The highest BCUT2D eigenvalue weighted by atomic mass is 16.3. The predicted octanol–water partition coefficient (Wildman–Crippen LogP) is 14.7. The highest BCUT2D eigenvalue weighted by Gasteiger charge is 2.25. The number of aromatic nitrogens is 2. The Balaban J connectivity index is 1.01. The lowest BCUT2D eigenvalue weighted by Crippen LogP contribution is -2.15. The number of fused-ring (bicyclic) bond motifs is 4. The number of para-hydroxylation sites is 1. The molecule has 0 spiro atoms. The van der Waals surface area contributed by atoms with Crippen molar-refractivity contribution in [1.29, 1.82) is 0 Å². The second kappa shape index (κ2) is 14.7. The zero-order chi connectivity index (χ0) is 39.1. The first-order valence-corrected chi connectivity index (χ1v) is 20.2. The van der Waals surface area contributed by atoms with Crippen molar-refractivity contribution >= 4 is 27.6 Å². The van der Waals surface area contributed by atoms with Crippen molar-refractivity contribution in [1.82, 2.24) is 9.97 Å². The zero-order valence-corrected chi connectivity index (χ0v) is 32.2. The lowest BCUT2D eigenvalue weighted by Gasteiger charge is -2.28. The van der Waals surface area contributed by atoms with Crippen molar-refractivity contribution in [2.75, 3.05) is 0 Å². The van der Waals surface area contributed by atoms with Gasteiger partial charge in [0.05, 0.1) is 0 Å². The minimum atomic E-state index is 0.313. The lowest BCUT2D eigenvalue weighted by atomic mass is 9.76. The summed E-state index contributed by atoms with van der Waals surface area (Å²) in [5.41, 5.74) is 16.8. The van der Waals surface area contributed by atoms with Gasteiger partial charge in [0, 0.05) is 28.3 Å². The third-order valence-electron chi connectivity index (χ3n) is 11.6. The van der Waals surface area contributed by atoms with Gasteiger partial charge in [-0.15, -0.1) is 0 Å². The van der Waals surface area contributed by atoms with Crippen LogP contribution in [0.4, 0.5) is 0 Å². The molecular formula is C56H38N2O. The molecule has 0 saturated carbocycles. The van der Waals surface area contributed by atoms with E-state index in [1.165, 1.54) is 27.8 Å². The van der Waals surface area contributed by atoms with Gasteiger partial charge in [-0.25, -0.2) is 9.97 Å². The molecule has 2 aliphatic carbocycles. The minimum absolute atomic E-state index is 0.313. The number of allylic oxidation sites excluding steroid dienone is 8. The number of hydrogen-bond donors (Lipinski definition) is 0. The van der Waals surface area contributed by atoms with Crippen LogP contribution in [0.15, 0.2) is 223 Å². The van der Waals surface area contributed by atoms with E-state index in [0.717, 1.165) is 61.1 Å². The quantitative estimate of drug-likeness (QED) is 0.163. The highest BCUT2D eigenvalue weighted by Crippen LogP contribution is 2.41. The van der Waals surface area contributed by atoms with Crippen molar-refractivity contribution in [2.45, 2.75) is 0 Å². The SMILES string of the molecule is C1=CC2C=CC=C(c3cc(-c4ccccc4)cc(-c4cccc(-c5cccc(-c6nc(-c7cccc(-c8ccccc8)c7)c7oc8ccccc8c7n6)c5)c4)c3)C2C=C1. The van der Waals surface area contributed by atoms with Crippen LogP contribution in [0.25, 0.3) is 94.8 Å². The molecule has 0 bridgehead atoms. The van der Waals surface area contributed by atoms with E-state index in [0.29, 0.717) is 23.2 Å². The van der Waals surface area contributed by atoms with Crippen molar-refractivity contribution < 1.29 is 4.42 Å². The molecule has 2 atom stereocenters. The Morgan fingerprint density at radius 1 is 0.390 bits per heavy atom. The summed E-state index contributed by atoms with van der Waals surface area (Å²) in [7, 11) is 0. The fraction of sp³-hybridized carbons (Fsp3) is 0.0357. The summed E-state index contributed by atoms with van der Waals surface area (Å²) in [4.78, 5) is 10.5. The topological polar surface area (TPSA) is 38.9 Å². The zero-order valence-electron chi connectivity index (χ0n) is 32.2. The molecule has 0 saturated heterocycles. The van der Waals surface area contributed by atoms with Gasteiger partial charge in [-0.05, 0) is 104 Å². The summed E-state index contributed by atoms with van der Waals surface area (Å²) in [5.74, 6) is 1.33. The maximum Gasteiger partial charge on any atom is 0.180 e. The lowest BCUT2D eigenvalue weighted by molar-refractivity contribution is 0.667. The van der Waals surface area contributed by atoms with Crippen LogP contribution in [0, 0.1) is 11.8 Å². The third kappa shape index (κ3) is 6.53. The largest absolute Gasteiger partial charge is 0.452 e. The first-order chi connectivity index (χ1) is 29.2. The Morgan fingerprint density at radius 2 is 0.898 bits per heavy atom. The maximum absolute atomic E-state index is 6.49.